The van der Waals surface area contributed by atoms with Gasteiger partial charge in [-0.1, -0.05) is 12.1 Å². The summed E-state index contributed by atoms with van der Waals surface area (Å²) in [5.74, 6) is 0.746. The fraction of sp³-hybridized carbons (Fsp3) is 0.533. The van der Waals surface area contributed by atoms with Crippen LogP contribution in [0.25, 0.3) is 0 Å². The van der Waals surface area contributed by atoms with E-state index in [2.05, 4.69) is 5.32 Å². The second kappa shape index (κ2) is 7.26. The second-order valence-electron chi connectivity index (χ2n) is 4.64. The molecule has 19 heavy (non-hydrogen) atoms. The van der Waals surface area contributed by atoms with Crippen LogP contribution in [-0.4, -0.2) is 38.2 Å². The quantitative estimate of drug-likeness (QED) is 0.798. The Morgan fingerprint density at radius 2 is 2.16 bits per heavy atom. The maximum absolute atomic E-state index is 12.0. The summed E-state index contributed by atoms with van der Waals surface area (Å²) in [4.78, 5) is 12.0. The summed E-state index contributed by atoms with van der Waals surface area (Å²) >= 11 is 0. The largest absolute Gasteiger partial charge is 0.494 e. The van der Waals surface area contributed by atoms with Crippen LogP contribution in [0.2, 0.25) is 0 Å². The van der Waals surface area contributed by atoms with Crippen molar-refractivity contribution in [2.75, 3.05) is 26.3 Å². The minimum atomic E-state index is 0.0140. The molecule has 4 nitrogen and oxygen atoms in total. The lowest BCUT2D eigenvalue weighted by atomic mass is 10.1. The highest BCUT2D eigenvalue weighted by Gasteiger charge is 2.15. The minimum Gasteiger partial charge on any atom is -0.494 e. The molecule has 0 radical (unpaired) electrons. The Kier molecular flexibility index (Phi) is 5.36. The van der Waals surface area contributed by atoms with Gasteiger partial charge in [-0.05, 0) is 45.0 Å². The highest BCUT2D eigenvalue weighted by Crippen LogP contribution is 2.15. The van der Waals surface area contributed by atoms with E-state index >= 15 is 0 Å². The lowest BCUT2D eigenvalue weighted by Crippen LogP contribution is -2.33. The Morgan fingerprint density at radius 1 is 1.37 bits per heavy atom. The van der Waals surface area contributed by atoms with E-state index in [0.29, 0.717) is 12.2 Å². The molecule has 1 aliphatic rings. The number of rotatable bonds is 6. The number of carbonyl (C=O) groups excluding carboxylic acids is 1. The molecular formula is C15H21NO3. The van der Waals surface area contributed by atoms with Crippen molar-refractivity contribution in [3.63, 3.8) is 0 Å². The minimum absolute atomic E-state index is 0.0140. The summed E-state index contributed by atoms with van der Waals surface area (Å²) in [7, 11) is 0. The van der Waals surface area contributed by atoms with Crippen molar-refractivity contribution in [2.45, 2.75) is 25.9 Å². The molecule has 1 fully saturated rings. The number of ketones is 1. The molecule has 0 amide bonds. The van der Waals surface area contributed by atoms with E-state index in [0.717, 1.165) is 31.7 Å². The van der Waals surface area contributed by atoms with Crippen molar-refractivity contribution < 1.29 is 14.3 Å². The molecule has 1 aromatic rings. The van der Waals surface area contributed by atoms with E-state index < -0.39 is 0 Å². The second-order valence-corrected chi connectivity index (χ2v) is 4.64. The van der Waals surface area contributed by atoms with Crippen molar-refractivity contribution in [1.29, 1.82) is 0 Å². The predicted octanol–water partition coefficient (Wildman–Crippen LogP) is 2.04. The van der Waals surface area contributed by atoms with Crippen LogP contribution in [0.5, 0.6) is 5.75 Å². The van der Waals surface area contributed by atoms with Gasteiger partial charge in [0, 0.05) is 5.56 Å². The number of carbonyl (C=O) groups is 1. The van der Waals surface area contributed by atoms with E-state index in [1.165, 1.54) is 0 Å². The van der Waals surface area contributed by atoms with Crippen LogP contribution >= 0.6 is 0 Å². The third-order valence-electron chi connectivity index (χ3n) is 3.20. The van der Waals surface area contributed by atoms with Gasteiger partial charge in [0.25, 0.3) is 0 Å². The first-order chi connectivity index (χ1) is 9.29. The fourth-order valence-electron chi connectivity index (χ4n) is 2.16. The van der Waals surface area contributed by atoms with Crippen LogP contribution < -0.4 is 10.1 Å². The van der Waals surface area contributed by atoms with Crippen molar-refractivity contribution >= 4 is 5.78 Å². The van der Waals surface area contributed by atoms with Crippen LogP contribution in [0, 0.1) is 0 Å². The molecule has 2 rings (SSSR count). The topological polar surface area (TPSA) is 47.6 Å². The van der Waals surface area contributed by atoms with Gasteiger partial charge in [0.15, 0.2) is 5.78 Å². The van der Waals surface area contributed by atoms with Crippen molar-refractivity contribution in [3.05, 3.63) is 29.8 Å². The fourth-order valence-corrected chi connectivity index (χ4v) is 2.16. The highest BCUT2D eigenvalue weighted by molar-refractivity contribution is 5.97. The van der Waals surface area contributed by atoms with Gasteiger partial charge in [-0.2, -0.15) is 0 Å². The Balaban J connectivity index is 1.86. The van der Waals surface area contributed by atoms with Gasteiger partial charge in [0.1, 0.15) is 12.4 Å². The third kappa shape index (κ3) is 4.33. The Bertz CT molecular complexity index is 414. The maximum atomic E-state index is 12.0. The smallest absolute Gasteiger partial charge is 0.188 e. The maximum Gasteiger partial charge on any atom is 0.188 e. The Labute approximate surface area is 114 Å². The molecule has 1 N–H and O–H groups in total. The number of benzene rings is 1. The van der Waals surface area contributed by atoms with E-state index in [-0.39, 0.29) is 18.5 Å². The first kappa shape index (κ1) is 14.0. The van der Waals surface area contributed by atoms with Crippen molar-refractivity contribution in [3.8, 4) is 5.75 Å². The normalized spacial score (nSPS) is 16.3. The van der Waals surface area contributed by atoms with Crippen LogP contribution in [0.15, 0.2) is 24.3 Å². The summed E-state index contributed by atoms with van der Waals surface area (Å²) in [5, 5.41) is 3.27. The molecule has 0 saturated carbocycles. The molecular weight excluding hydrogens is 242 g/mol. The summed E-state index contributed by atoms with van der Waals surface area (Å²) < 4.78 is 11.1. The predicted molar refractivity (Wildman–Crippen MR) is 73.8 cm³/mol. The third-order valence-corrected chi connectivity index (χ3v) is 3.20. The number of hydrogen-bond acceptors (Lipinski definition) is 4. The molecule has 0 unspecified atom stereocenters. The molecule has 1 aromatic carbocycles. The van der Waals surface area contributed by atoms with Gasteiger partial charge in [0.2, 0.25) is 0 Å². The van der Waals surface area contributed by atoms with Crippen LogP contribution in [0.4, 0.5) is 0 Å². The van der Waals surface area contributed by atoms with Crippen molar-refractivity contribution in [1.82, 2.24) is 5.32 Å². The summed E-state index contributed by atoms with van der Waals surface area (Å²) in [6, 6.07) is 7.27. The molecule has 1 aliphatic heterocycles. The SMILES string of the molecule is CCOc1cccc(C(=O)COC2CCNCC2)c1. The van der Waals surface area contributed by atoms with Gasteiger partial charge >= 0.3 is 0 Å². The van der Waals surface area contributed by atoms with Gasteiger partial charge in [-0.3, -0.25) is 4.79 Å². The zero-order chi connectivity index (χ0) is 13.5. The number of piperidine rings is 1. The highest BCUT2D eigenvalue weighted by atomic mass is 16.5. The lowest BCUT2D eigenvalue weighted by molar-refractivity contribution is 0.0317. The monoisotopic (exact) mass is 263 g/mol. The van der Waals surface area contributed by atoms with Crippen LogP contribution in [-0.2, 0) is 4.74 Å². The number of ether oxygens (including phenoxy) is 2. The van der Waals surface area contributed by atoms with Gasteiger partial charge < -0.3 is 14.8 Å². The standard InChI is InChI=1S/C15H21NO3/c1-2-18-14-5-3-4-12(10-14)15(17)11-19-13-6-8-16-9-7-13/h3-5,10,13,16H,2,6-9,11H2,1H3. The van der Waals surface area contributed by atoms with Crippen LogP contribution in [0.3, 0.4) is 0 Å². The average Bonchev–Trinajstić information content (AvgIpc) is 2.46. The number of hydrogen-bond donors (Lipinski definition) is 1. The van der Waals surface area contributed by atoms with Gasteiger partial charge in [0.05, 0.1) is 12.7 Å². The Morgan fingerprint density at radius 3 is 2.89 bits per heavy atom. The first-order valence-corrected chi connectivity index (χ1v) is 6.88. The molecule has 0 aromatic heterocycles. The van der Waals surface area contributed by atoms with E-state index in [1.54, 1.807) is 12.1 Å². The molecule has 1 saturated heterocycles. The molecule has 4 heteroatoms. The van der Waals surface area contributed by atoms with Gasteiger partial charge in [-0.15, -0.1) is 0 Å². The van der Waals surface area contributed by atoms with Crippen molar-refractivity contribution in [2.24, 2.45) is 0 Å². The lowest BCUT2D eigenvalue weighted by Gasteiger charge is -2.22. The van der Waals surface area contributed by atoms with Crippen LogP contribution in [0.1, 0.15) is 30.1 Å². The average molecular weight is 263 g/mol. The van der Waals surface area contributed by atoms with E-state index in [4.69, 9.17) is 9.47 Å². The summed E-state index contributed by atoms with van der Waals surface area (Å²) in [5.41, 5.74) is 0.653. The van der Waals surface area contributed by atoms with Gasteiger partial charge in [-0.25, -0.2) is 0 Å². The van der Waals surface area contributed by atoms with E-state index in [9.17, 15) is 4.79 Å². The molecule has 1 heterocycles. The van der Waals surface area contributed by atoms with E-state index in [1.807, 2.05) is 19.1 Å². The zero-order valence-corrected chi connectivity index (χ0v) is 11.4. The first-order valence-electron chi connectivity index (χ1n) is 6.88. The number of Topliss-reactive ketones (excluding diaryl/α,β-unsaturated/α-hetero) is 1. The molecule has 0 atom stereocenters. The molecule has 0 bridgehead atoms. The Hall–Kier alpha value is -1.39. The molecule has 104 valence electrons. The molecule has 0 aliphatic carbocycles. The number of nitrogens with one attached hydrogen (secondary N) is 1. The molecule has 0 spiro atoms. The zero-order valence-electron chi connectivity index (χ0n) is 11.4. The summed E-state index contributed by atoms with van der Waals surface area (Å²) in [6.07, 6.45) is 2.17. The summed E-state index contributed by atoms with van der Waals surface area (Å²) in [6.45, 7) is 4.62.